The van der Waals surface area contributed by atoms with Crippen LogP contribution >= 0.6 is 7.14 Å². The van der Waals surface area contributed by atoms with Gasteiger partial charge in [0.05, 0.1) is 30.9 Å². The van der Waals surface area contributed by atoms with Crippen molar-refractivity contribution in [1.82, 2.24) is 4.90 Å². The maximum atomic E-state index is 15.7. The SMILES string of the molecule is CC[C@]1(CCC(=O)OC)CC(C(=O)OC)=C2Nc3ccccc3[C@]23CCN([C@@H](C)[C]2[CH][CH][CH][C]2P(=O)(c2ccccc2)c2ccccc2)[C@H]13.[CH]1[CH][CH][CH][CH]1.[Fe+2]. The van der Waals surface area contributed by atoms with Crippen molar-refractivity contribution in [2.24, 2.45) is 5.41 Å². The number of rotatable bonds is 10. The van der Waals surface area contributed by atoms with Gasteiger partial charge in [-0.15, -0.1) is 0 Å². The fourth-order valence-electron chi connectivity index (χ4n) is 9.67. The number of nitrogens with one attached hydrogen (secondary N) is 1. The molecule has 3 aromatic carbocycles. The largest absolute Gasteiger partial charge is 2.00 e. The summed E-state index contributed by atoms with van der Waals surface area (Å²) in [4.78, 5) is 28.9. The molecular weight excluding hydrogens is 747 g/mol. The summed E-state index contributed by atoms with van der Waals surface area (Å²) in [6.07, 6.45) is 19.0. The quantitative estimate of drug-likeness (QED) is 0.128. The van der Waals surface area contributed by atoms with Crippen LogP contribution in [0.15, 0.2) is 96.2 Å². The summed E-state index contributed by atoms with van der Waals surface area (Å²) < 4.78 is 26.2. The van der Waals surface area contributed by atoms with Crippen LogP contribution in [0, 0.1) is 68.4 Å². The predicted molar refractivity (Wildman–Crippen MR) is 215 cm³/mol. The van der Waals surface area contributed by atoms with Gasteiger partial charge in [0.1, 0.15) is 0 Å². The van der Waals surface area contributed by atoms with Gasteiger partial charge >= 0.3 is 29.0 Å². The van der Waals surface area contributed by atoms with E-state index >= 15 is 4.57 Å². The third-order valence-electron chi connectivity index (χ3n) is 12.2. The summed E-state index contributed by atoms with van der Waals surface area (Å²) in [7, 11) is -0.372. The van der Waals surface area contributed by atoms with E-state index in [1.54, 1.807) is 0 Å². The third kappa shape index (κ3) is 7.31. The van der Waals surface area contributed by atoms with E-state index in [9.17, 15) is 9.59 Å². The van der Waals surface area contributed by atoms with Crippen molar-refractivity contribution in [2.75, 3.05) is 26.1 Å². The van der Waals surface area contributed by atoms with Crippen molar-refractivity contribution in [1.29, 1.82) is 0 Å². The molecule has 0 aromatic heterocycles. The average Bonchev–Trinajstić information content (AvgIpc) is 4.07. The molecule has 1 saturated heterocycles. The molecule has 0 bridgehead atoms. The van der Waals surface area contributed by atoms with E-state index in [1.807, 2.05) is 112 Å². The molecule has 3 aromatic rings. The number of fused-ring (bicyclic) bond motifs is 1. The van der Waals surface area contributed by atoms with Gasteiger partial charge in [0, 0.05) is 53.0 Å². The Morgan fingerprint density at radius 1 is 0.855 bits per heavy atom. The Labute approximate surface area is 339 Å². The molecule has 0 unspecified atom stereocenters. The van der Waals surface area contributed by atoms with E-state index in [1.165, 1.54) is 19.8 Å². The zero-order chi connectivity index (χ0) is 37.9. The minimum atomic E-state index is -3.24. The van der Waals surface area contributed by atoms with E-state index in [4.69, 9.17) is 9.47 Å². The zero-order valence-electron chi connectivity index (χ0n) is 31.9. The van der Waals surface area contributed by atoms with Gasteiger partial charge in [-0.2, -0.15) is 0 Å². The Kier molecular flexibility index (Phi) is 13.2. The fourth-order valence-corrected chi connectivity index (χ4v) is 12.6. The number of carbonyl (C=O) groups is 2. The monoisotopic (exact) mass is 796 g/mol. The summed E-state index contributed by atoms with van der Waals surface area (Å²) in [6.45, 7) is 5.16. The van der Waals surface area contributed by atoms with Crippen molar-refractivity contribution in [3.05, 3.63) is 165 Å². The number of anilines is 1. The molecule has 8 rings (SSSR count). The first kappa shape index (κ1) is 41.5. The first-order chi connectivity index (χ1) is 26.2. The van der Waals surface area contributed by atoms with Crippen molar-refractivity contribution in [2.45, 2.75) is 63.5 Å². The molecule has 0 amide bonds. The molecular formula is C46H49FeN2O5P+2. The number of methoxy groups -OCH3 is 2. The minimum absolute atomic E-state index is 0. The summed E-state index contributed by atoms with van der Waals surface area (Å²) >= 11 is 0. The molecule has 2 saturated carbocycles. The first-order valence-corrected chi connectivity index (χ1v) is 20.6. The predicted octanol–water partition coefficient (Wildman–Crippen LogP) is 7.76. The molecule has 7 nitrogen and oxygen atoms in total. The van der Waals surface area contributed by atoms with Gasteiger partial charge in [-0.3, -0.25) is 9.69 Å². The Morgan fingerprint density at radius 3 is 2.04 bits per heavy atom. The van der Waals surface area contributed by atoms with Gasteiger partial charge in [0.15, 0.2) is 7.14 Å². The molecule has 1 spiro atoms. The fraction of sp³-hybridized carbons (Fsp3) is 0.304. The second-order valence-electron chi connectivity index (χ2n) is 14.6. The van der Waals surface area contributed by atoms with Crippen molar-refractivity contribution in [3.63, 3.8) is 0 Å². The van der Waals surface area contributed by atoms with Gasteiger partial charge in [0.25, 0.3) is 0 Å². The molecule has 2 aliphatic heterocycles. The van der Waals surface area contributed by atoms with Gasteiger partial charge < -0.3 is 19.4 Å². The van der Waals surface area contributed by atoms with E-state index in [-0.39, 0.29) is 47.5 Å². The number of para-hydroxylation sites is 1. The second kappa shape index (κ2) is 17.6. The molecule has 5 aliphatic rings. The number of hydrogen-bond donors (Lipinski definition) is 1. The summed E-state index contributed by atoms with van der Waals surface area (Å²) in [6, 6.07) is 27.8. The average molecular weight is 797 g/mol. The number of hydrogen-bond acceptors (Lipinski definition) is 7. The Hall–Kier alpha value is -3.15. The molecule has 4 atom stereocenters. The van der Waals surface area contributed by atoms with Gasteiger partial charge in [0.2, 0.25) is 0 Å². The standard InChI is InChI=1S/C41H44N2O5P.C5H5.Fe/c1-5-40(24-23-36(44)47-3)27-32(38(45)48-4)37-41(33-20-12-13-21-34(33)42-37)25-26-43(39(40)41)28(2)31-19-14-22-35(31)49(46,29-15-8-6-9-16-29)30-17-10-7-11-18-30;1-2-4-5-3-1;/h6-22,28,39,42H,5,23-27H2,1-4H3;1-5H;/q;;+2/t28-,39+,40-,41+;;/m0../s1. The van der Waals surface area contributed by atoms with Crippen LogP contribution in [0.25, 0.3) is 0 Å². The van der Waals surface area contributed by atoms with E-state index in [0.29, 0.717) is 18.4 Å². The normalized spacial score (nSPS) is 25.4. The summed E-state index contributed by atoms with van der Waals surface area (Å²) in [5.41, 5.74) is 3.62. The molecule has 2 heterocycles. The summed E-state index contributed by atoms with van der Waals surface area (Å²) in [5, 5.41) is 5.30. The molecule has 284 valence electrons. The molecule has 55 heavy (non-hydrogen) atoms. The topological polar surface area (TPSA) is 84.9 Å². The van der Waals surface area contributed by atoms with Gasteiger partial charge in [-0.1, -0.05) is 85.8 Å². The smallest absolute Gasteiger partial charge is 0.469 e. The number of ether oxygens (including phenoxy) is 2. The van der Waals surface area contributed by atoms with Crippen LogP contribution in [0.1, 0.15) is 51.5 Å². The molecule has 3 fully saturated rings. The maximum Gasteiger partial charge on any atom is 2.00 e. The van der Waals surface area contributed by atoms with Crippen LogP contribution in [0.3, 0.4) is 0 Å². The van der Waals surface area contributed by atoms with Crippen molar-refractivity contribution < 1.29 is 40.7 Å². The van der Waals surface area contributed by atoms with E-state index in [2.05, 4.69) is 48.7 Å². The Bertz CT molecular complexity index is 1830. The van der Waals surface area contributed by atoms with E-state index in [0.717, 1.165) is 53.0 Å². The molecule has 10 radical (unpaired) electrons. The van der Waals surface area contributed by atoms with E-state index < -0.39 is 18.0 Å². The number of nitrogens with zero attached hydrogens (tertiary/aromatic N) is 1. The third-order valence-corrected chi connectivity index (χ3v) is 15.3. The van der Waals surface area contributed by atoms with Crippen LogP contribution in [-0.2, 0) is 46.1 Å². The summed E-state index contributed by atoms with van der Waals surface area (Å²) in [5.74, 6) is 0.443. The molecule has 1 N–H and O–H groups in total. The van der Waals surface area contributed by atoms with Gasteiger partial charge in [-0.25, -0.2) is 4.79 Å². The second-order valence-corrected chi connectivity index (χ2v) is 17.4. The van der Waals surface area contributed by atoms with Crippen LogP contribution in [-0.4, -0.2) is 49.7 Å². The minimum Gasteiger partial charge on any atom is -0.469 e. The van der Waals surface area contributed by atoms with Gasteiger partial charge in [-0.05, 0) is 101 Å². The number of benzene rings is 3. The molecule has 9 heteroatoms. The van der Waals surface area contributed by atoms with Crippen LogP contribution in [0.5, 0.6) is 0 Å². The molecule has 3 aliphatic carbocycles. The number of likely N-dealkylation sites (tertiary alicyclic amines) is 1. The first-order valence-electron chi connectivity index (χ1n) is 18.9. The Balaban J connectivity index is 0.000000794. The van der Waals surface area contributed by atoms with Crippen molar-refractivity contribution in [3.8, 4) is 0 Å². The van der Waals surface area contributed by atoms with Crippen LogP contribution in [0.4, 0.5) is 5.69 Å². The number of carbonyl (C=O) groups excluding carboxylic acids is 2. The number of esters is 2. The Morgan fingerprint density at radius 2 is 1.45 bits per heavy atom. The maximum absolute atomic E-state index is 15.7. The zero-order valence-corrected chi connectivity index (χ0v) is 33.9. The van der Waals surface area contributed by atoms with Crippen molar-refractivity contribution >= 4 is 35.4 Å². The van der Waals surface area contributed by atoms with Crippen LogP contribution in [0.2, 0.25) is 0 Å². The van der Waals surface area contributed by atoms with Crippen LogP contribution < -0.4 is 15.9 Å².